The second-order valence-electron chi connectivity index (χ2n) is 7.51. The van der Waals surface area contributed by atoms with Gasteiger partial charge in [-0.3, -0.25) is 14.5 Å². The first-order valence-corrected chi connectivity index (χ1v) is 9.10. The van der Waals surface area contributed by atoms with Crippen molar-refractivity contribution < 1.29 is 9.90 Å². The van der Waals surface area contributed by atoms with Crippen LogP contribution in [0.5, 0.6) is 0 Å². The van der Waals surface area contributed by atoms with Crippen LogP contribution in [0.3, 0.4) is 0 Å². The lowest BCUT2D eigenvalue weighted by molar-refractivity contribution is 0.0382. The summed E-state index contributed by atoms with van der Waals surface area (Å²) in [7, 11) is 0. The molecule has 1 aromatic heterocycles. The highest BCUT2D eigenvalue weighted by Gasteiger charge is 2.31. The van der Waals surface area contributed by atoms with E-state index in [-0.39, 0.29) is 29.7 Å². The monoisotopic (exact) mass is 349 g/mol. The largest absolute Gasteiger partial charge is 0.396 e. The summed E-state index contributed by atoms with van der Waals surface area (Å²) in [5, 5.41) is 9.38. The maximum Gasteiger partial charge on any atom is 0.261 e. The number of nitrogens with zero attached hydrogens (tertiary/aromatic N) is 2. The molecule has 2 N–H and O–H groups in total. The van der Waals surface area contributed by atoms with Gasteiger partial charge in [-0.1, -0.05) is 13.8 Å². The van der Waals surface area contributed by atoms with Gasteiger partial charge in [0.2, 0.25) is 0 Å². The molecule has 1 aliphatic rings. The number of hydrogen-bond donors (Lipinski definition) is 2. The lowest BCUT2D eigenvalue weighted by atomic mass is 10.0. The van der Waals surface area contributed by atoms with Crippen LogP contribution in [0.25, 0.3) is 0 Å². The summed E-state index contributed by atoms with van der Waals surface area (Å²) >= 11 is 0. The molecule has 1 aromatic rings. The standard InChI is InChI=1S/C19H31N3O3/c1-12(2)10-21-7-8-22(11-16(21)6-9-23)19(25)17-14(4)13(3)15(5)20-18(17)24/h12,16,23H,6-11H2,1-5H3,(H,20,24)/t16-/m1/s1. The average Bonchev–Trinajstić information content (AvgIpc) is 2.54. The highest BCUT2D eigenvalue weighted by molar-refractivity contribution is 5.95. The number of hydrogen-bond acceptors (Lipinski definition) is 4. The first kappa shape index (κ1) is 19.7. The molecular formula is C19H31N3O3. The number of amides is 1. The Morgan fingerprint density at radius 3 is 2.52 bits per heavy atom. The van der Waals surface area contributed by atoms with Crippen LogP contribution in [0, 0.1) is 26.7 Å². The molecule has 0 aromatic carbocycles. The van der Waals surface area contributed by atoms with Crippen LogP contribution in [0.15, 0.2) is 4.79 Å². The number of carbonyl (C=O) groups is 1. The lowest BCUT2D eigenvalue weighted by Gasteiger charge is -2.42. The number of aromatic nitrogens is 1. The minimum Gasteiger partial charge on any atom is -0.396 e. The van der Waals surface area contributed by atoms with Gasteiger partial charge in [0.05, 0.1) is 0 Å². The summed E-state index contributed by atoms with van der Waals surface area (Å²) in [6.45, 7) is 12.9. The van der Waals surface area contributed by atoms with Crippen LogP contribution in [0.2, 0.25) is 0 Å². The average molecular weight is 349 g/mol. The Balaban J connectivity index is 2.24. The molecule has 1 aliphatic heterocycles. The van der Waals surface area contributed by atoms with E-state index in [0.717, 1.165) is 29.9 Å². The predicted molar refractivity (Wildman–Crippen MR) is 99.1 cm³/mol. The molecule has 0 spiro atoms. The number of piperazine rings is 1. The Bertz CT molecular complexity index is 681. The topological polar surface area (TPSA) is 76.6 Å². The van der Waals surface area contributed by atoms with E-state index < -0.39 is 0 Å². The zero-order chi connectivity index (χ0) is 18.7. The number of aryl methyl sites for hydroxylation is 1. The highest BCUT2D eigenvalue weighted by atomic mass is 16.3. The van der Waals surface area contributed by atoms with E-state index in [2.05, 4.69) is 23.7 Å². The Labute approximate surface area is 149 Å². The second kappa shape index (κ2) is 8.15. The summed E-state index contributed by atoms with van der Waals surface area (Å²) in [5.41, 5.74) is 2.46. The fraction of sp³-hybridized carbons (Fsp3) is 0.684. The Morgan fingerprint density at radius 1 is 1.24 bits per heavy atom. The van der Waals surface area contributed by atoms with Crippen molar-refractivity contribution in [2.75, 3.05) is 32.8 Å². The van der Waals surface area contributed by atoms with Crippen LogP contribution in [0.4, 0.5) is 0 Å². The molecule has 25 heavy (non-hydrogen) atoms. The fourth-order valence-electron chi connectivity index (χ4n) is 3.59. The Morgan fingerprint density at radius 2 is 1.92 bits per heavy atom. The maximum atomic E-state index is 13.0. The molecule has 1 amide bonds. The van der Waals surface area contributed by atoms with E-state index in [4.69, 9.17) is 0 Å². The fourth-order valence-corrected chi connectivity index (χ4v) is 3.59. The molecular weight excluding hydrogens is 318 g/mol. The van der Waals surface area contributed by atoms with Crippen molar-refractivity contribution >= 4 is 5.91 Å². The minimum absolute atomic E-state index is 0.102. The highest BCUT2D eigenvalue weighted by Crippen LogP contribution is 2.19. The third-order valence-electron chi connectivity index (χ3n) is 5.20. The van der Waals surface area contributed by atoms with Gasteiger partial charge in [0.1, 0.15) is 5.56 Å². The molecule has 140 valence electrons. The zero-order valence-electron chi connectivity index (χ0n) is 16.1. The summed E-state index contributed by atoms with van der Waals surface area (Å²) < 4.78 is 0. The number of nitrogens with one attached hydrogen (secondary N) is 1. The smallest absolute Gasteiger partial charge is 0.261 e. The van der Waals surface area contributed by atoms with Crippen molar-refractivity contribution in [1.29, 1.82) is 0 Å². The molecule has 0 aliphatic carbocycles. The van der Waals surface area contributed by atoms with E-state index in [1.54, 1.807) is 4.90 Å². The number of aromatic amines is 1. The second-order valence-corrected chi connectivity index (χ2v) is 7.51. The molecule has 0 bridgehead atoms. The SMILES string of the molecule is Cc1[nH]c(=O)c(C(=O)N2CCN(CC(C)C)[C@H](CCO)C2)c(C)c1C. The number of aliphatic hydroxyl groups is 1. The van der Waals surface area contributed by atoms with Gasteiger partial charge >= 0.3 is 0 Å². The summed E-state index contributed by atoms with van der Waals surface area (Å²) in [4.78, 5) is 32.3. The molecule has 2 rings (SSSR count). The van der Waals surface area contributed by atoms with Crippen LogP contribution in [-0.2, 0) is 0 Å². The summed E-state index contributed by atoms with van der Waals surface area (Å²) in [6, 6.07) is 0.135. The summed E-state index contributed by atoms with van der Waals surface area (Å²) in [6.07, 6.45) is 0.638. The van der Waals surface area contributed by atoms with E-state index in [1.165, 1.54) is 0 Å². The third kappa shape index (κ3) is 4.30. The molecule has 2 heterocycles. The summed E-state index contributed by atoms with van der Waals surface area (Å²) in [5.74, 6) is 0.335. The molecule has 1 atom stereocenters. The van der Waals surface area contributed by atoms with E-state index in [0.29, 0.717) is 25.4 Å². The minimum atomic E-state index is -0.311. The van der Waals surface area contributed by atoms with Crippen LogP contribution in [0.1, 0.15) is 47.4 Å². The molecule has 0 saturated carbocycles. The van der Waals surface area contributed by atoms with Gasteiger partial charge in [-0.25, -0.2) is 0 Å². The number of rotatable bonds is 5. The van der Waals surface area contributed by atoms with Crippen LogP contribution in [-0.4, -0.2) is 64.6 Å². The molecule has 0 radical (unpaired) electrons. The van der Waals surface area contributed by atoms with Gasteiger partial charge in [0, 0.05) is 44.5 Å². The quantitative estimate of drug-likeness (QED) is 0.844. The normalized spacial score (nSPS) is 18.8. The Kier molecular flexibility index (Phi) is 6.41. The van der Waals surface area contributed by atoms with Crippen molar-refractivity contribution in [2.45, 2.75) is 47.1 Å². The van der Waals surface area contributed by atoms with Gasteiger partial charge in [0.15, 0.2) is 0 Å². The van der Waals surface area contributed by atoms with Crippen molar-refractivity contribution in [3.05, 3.63) is 32.7 Å². The van der Waals surface area contributed by atoms with Gasteiger partial charge in [-0.2, -0.15) is 0 Å². The predicted octanol–water partition coefficient (Wildman–Crippen LogP) is 1.46. The van der Waals surface area contributed by atoms with E-state index >= 15 is 0 Å². The molecule has 1 fully saturated rings. The van der Waals surface area contributed by atoms with Gasteiger partial charge in [-0.15, -0.1) is 0 Å². The number of pyridine rings is 1. The van der Waals surface area contributed by atoms with Gasteiger partial charge in [-0.05, 0) is 44.2 Å². The first-order valence-electron chi connectivity index (χ1n) is 9.10. The van der Waals surface area contributed by atoms with Crippen LogP contribution < -0.4 is 5.56 Å². The molecule has 6 nitrogen and oxygen atoms in total. The van der Waals surface area contributed by atoms with Crippen molar-refractivity contribution in [3.8, 4) is 0 Å². The molecule has 0 unspecified atom stereocenters. The number of aliphatic hydroxyl groups excluding tert-OH is 1. The maximum absolute atomic E-state index is 13.0. The van der Waals surface area contributed by atoms with E-state index in [9.17, 15) is 14.7 Å². The number of H-pyrrole nitrogens is 1. The van der Waals surface area contributed by atoms with E-state index in [1.807, 2.05) is 20.8 Å². The molecule has 1 saturated heterocycles. The number of carbonyl (C=O) groups excluding carboxylic acids is 1. The van der Waals surface area contributed by atoms with Crippen molar-refractivity contribution in [1.82, 2.24) is 14.8 Å². The first-order chi connectivity index (χ1) is 11.8. The molecule has 6 heteroatoms. The lowest BCUT2D eigenvalue weighted by Crippen LogP contribution is -2.56. The Hall–Kier alpha value is -1.66. The van der Waals surface area contributed by atoms with Gasteiger partial charge < -0.3 is 15.0 Å². The zero-order valence-corrected chi connectivity index (χ0v) is 16.1. The van der Waals surface area contributed by atoms with Crippen molar-refractivity contribution in [2.24, 2.45) is 5.92 Å². The third-order valence-corrected chi connectivity index (χ3v) is 5.20. The van der Waals surface area contributed by atoms with Gasteiger partial charge in [0.25, 0.3) is 11.5 Å². The van der Waals surface area contributed by atoms with Crippen LogP contribution >= 0.6 is 0 Å². The van der Waals surface area contributed by atoms with Crippen molar-refractivity contribution in [3.63, 3.8) is 0 Å².